The Hall–Kier alpha value is -3.50. The van der Waals surface area contributed by atoms with Crippen molar-refractivity contribution in [3.8, 4) is 11.5 Å². The molecule has 0 amide bonds. The monoisotopic (exact) mass is 826 g/mol. The van der Waals surface area contributed by atoms with Crippen molar-refractivity contribution in [2.24, 2.45) is 0 Å². The van der Waals surface area contributed by atoms with Crippen molar-refractivity contribution in [3.05, 3.63) is 124 Å². The lowest BCUT2D eigenvalue weighted by Crippen LogP contribution is -2.27. The first-order valence-corrected chi connectivity index (χ1v) is 17.8. The van der Waals surface area contributed by atoms with Gasteiger partial charge < -0.3 is 18.9 Å². The Bertz CT molecular complexity index is 1880. The van der Waals surface area contributed by atoms with Crippen LogP contribution in [0.3, 0.4) is 0 Å². The number of ether oxygens (including phenoxy) is 4. The van der Waals surface area contributed by atoms with Crippen molar-refractivity contribution in [2.45, 2.75) is 65.6 Å². The van der Waals surface area contributed by atoms with Gasteiger partial charge in [-0.05, 0) is 45.2 Å². The Kier molecular flexibility index (Phi) is 13.2. The number of benzene rings is 4. The molecule has 0 unspecified atom stereocenters. The standard InChI is InChI=1S/C38H32Cl6O8/c1-37(2,3)21-11-7-19(8-12-21)17-49-33(45)27-29(43)23(39)15-25(41)31(27)51-35(47)36(48)52-32-26(42)16-24(40)30(44)28(32)34(46)50-18-20-9-13-22(14-10-20)38(4,5)6/h7-16H,17-18H2,1-6H3. The molecule has 0 N–H and O–H groups in total. The number of carbonyl (C=O) groups is 4. The van der Waals surface area contributed by atoms with Crippen LogP contribution in [-0.2, 0) is 43.1 Å². The lowest BCUT2D eigenvalue weighted by Gasteiger charge is -2.19. The molecule has 0 heterocycles. The first-order chi connectivity index (χ1) is 24.2. The van der Waals surface area contributed by atoms with Gasteiger partial charge in [0.2, 0.25) is 0 Å². The van der Waals surface area contributed by atoms with E-state index in [2.05, 4.69) is 41.5 Å². The molecule has 4 rings (SSSR count). The normalized spacial score (nSPS) is 11.5. The summed E-state index contributed by atoms with van der Waals surface area (Å²) in [5, 5.41) is -1.76. The molecule has 0 fully saturated rings. The first-order valence-electron chi connectivity index (χ1n) is 15.5. The van der Waals surface area contributed by atoms with Gasteiger partial charge in [0.15, 0.2) is 11.5 Å². The second-order valence-corrected chi connectivity index (χ2v) is 15.9. The molecule has 0 radical (unpaired) electrons. The van der Waals surface area contributed by atoms with Crippen LogP contribution in [0.25, 0.3) is 0 Å². The number of hydrogen-bond acceptors (Lipinski definition) is 8. The van der Waals surface area contributed by atoms with Gasteiger partial charge in [-0.2, -0.15) is 0 Å². The average molecular weight is 829 g/mol. The number of hydrogen-bond donors (Lipinski definition) is 0. The second-order valence-electron chi connectivity index (χ2n) is 13.5. The summed E-state index contributed by atoms with van der Waals surface area (Å²) in [6.07, 6.45) is 0. The minimum absolute atomic E-state index is 0.0877. The second kappa shape index (κ2) is 16.7. The van der Waals surface area contributed by atoms with Gasteiger partial charge >= 0.3 is 23.9 Å². The zero-order chi connectivity index (χ0) is 38.7. The third kappa shape index (κ3) is 9.92. The minimum atomic E-state index is -1.69. The van der Waals surface area contributed by atoms with Crippen molar-refractivity contribution < 1.29 is 38.1 Å². The van der Waals surface area contributed by atoms with E-state index in [1.807, 2.05) is 24.3 Å². The summed E-state index contributed by atoms with van der Waals surface area (Å²) in [5.41, 5.74) is 2.21. The SMILES string of the molecule is CC(C)(C)c1ccc(COC(=O)c2c(Cl)c(Cl)cc(Cl)c2OC(=O)C(=O)Oc2c(Cl)cc(Cl)c(Cl)c2C(=O)OCc2ccc(C(C)(C)C)cc2)cc1. The van der Waals surface area contributed by atoms with Crippen LogP contribution in [0, 0.1) is 0 Å². The highest BCUT2D eigenvalue weighted by molar-refractivity contribution is 6.47. The van der Waals surface area contributed by atoms with Crippen LogP contribution in [0.1, 0.15) is 84.5 Å². The molecule has 0 bridgehead atoms. The maximum Gasteiger partial charge on any atom is 0.423 e. The molecular weight excluding hydrogens is 797 g/mol. The van der Waals surface area contributed by atoms with E-state index in [4.69, 9.17) is 88.6 Å². The molecule has 0 aromatic heterocycles. The number of carbonyl (C=O) groups excluding carboxylic acids is 4. The van der Waals surface area contributed by atoms with E-state index in [9.17, 15) is 19.2 Å². The van der Waals surface area contributed by atoms with Crippen LogP contribution in [0.15, 0.2) is 60.7 Å². The van der Waals surface area contributed by atoms with Crippen LogP contribution < -0.4 is 9.47 Å². The molecule has 0 atom stereocenters. The average Bonchev–Trinajstić information content (AvgIpc) is 3.07. The maximum absolute atomic E-state index is 13.3. The van der Waals surface area contributed by atoms with Gasteiger partial charge in [-0.3, -0.25) is 0 Å². The molecule has 274 valence electrons. The topological polar surface area (TPSA) is 105 Å². The summed E-state index contributed by atoms with van der Waals surface area (Å²) < 4.78 is 21.2. The highest BCUT2D eigenvalue weighted by atomic mass is 35.5. The van der Waals surface area contributed by atoms with Gasteiger partial charge in [-0.1, -0.05) is 160 Å². The molecule has 52 heavy (non-hydrogen) atoms. The lowest BCUT2D eigenvalue weighted by molar-refractivity contribution is -0.156. The van der Waals surface area contributed by atoms with Gasteiger partial charge in [0, 0.05) is 0 Å². The number of rotatable bonds is 8. The number of halogens is 6. The molecule has 0 saturated carbocycles. The predicted molar refractivity (Wildman–Crippen MR) is 203 cm³/mol. The Morgan fingerprint density at radius 1 is 0.500 bits per heavy atom. The summed E-state index contributed by atoms with van der Waals surface area (Å²) in [6.45, 7) is 12.0. The fourth-order valence-electron chi connectivity index (χ4n) is 4.63. The van der Waals surface area contributed by atoms with Crippen LogP contribution in [-0.4, -0.2) is 23.9 Å². The van der Waals surface area contributed by atoms with E-state index in [0.717, 1.165) is 23.3 Å². The Morgan fingerprint density at radius 3 is 1.10 bits per heavy atom. The summed E-state index contributed by atoms with van der Waals surface area (Å²) in [6, 6.07) is 17.0. The lowest BCUT2D eigenvalue weighted by atomic mass is 9.87. The fourth-order valence-corrected chi connectivity index (χ4v) is 6.07. The van der Waals surface area contributed by atoms with E-state index in [-0.39, 0.29) is 54.2 Å². The van der Waals surface area contributed by atoms with Crippen molar-refractivity contribution in [1.82, 2.24) is 0 Å². The van der Waals surface area contributed by atoms with Gasteiger partial charge in [0.25, 0.3) is 0 Å². The van der Waals surface area contributed by atoms with Crippen LogP contribution >= 0.6 is 69.6 Å². The molecule has 0 aliphatic heterocycles. The number of esters is 4. The van der Waals surface area contributed by atoms with E-state index >= 15 is 0 Å². The van der Waals surface area contributed by atoms with Gasteiger partial charge in [0.1, 0.15) is 24.3 Å². The van der Waals surface area contributed by atoms with Crippen molar-refractivity contribution in [1.29, 1.82) is 0 Å². The predicted octanol–water partition coefficient (Wildman–Crippen LogP) is 11.4. The Labute approximate surface area is 331 Å². The highest BCUT2D eigenvalue weighted by Crippen LogP contribution is 2.42. The van der Waals surface area contributed by atoms with Crippen molar-refractivity contribution >= 4 is 93.5 Å². The van der Waals surface area contributed by atoms with E-state index in [0.29, 0.717) is 11.1 Å². The molecular formula is C38H32Cl6O8. The quantitative estimate of drug-likeness (QED) is 0.0748. The third-order valence-corrected chi connectivity index (χ3v) is 9.73. The van der Waals surface area contributed by atoms with E-state index in [1.54, 1.807) is 24.3 Å². The summed E-state index contributed by atoms with van der Waals surface area (Å²) in [7, 11) is 0. The van der Waals surface area contributed by atoms with Crippen molar-refractivity contribution in [3.63, 3.8) is 0 Å². The van der Waals surface area contributed by atoms with Gasteiger partial charge in [-0.25, -0.2) is 19.2 Å². The van der Waals surface area contributed by atoms with E-state index in [1.165, 1.54) is 0 Å². The molecule has 8 nitrogen and oxygen atoms in total. The highest BCUT2D eigenvalue weighted by Gasteiger charge is 2.32. The van der Waals surface area contributed by atoms with Crippen LogP contribution in [0.4, 0.5) is 0 Å². The largest absolute Gasteiger partial charge is 0.457 e. The fraction of sp³-hybridized carbons (Fsp3) is 0.263. The van der Waals surface area contributed by atoms with Gasteiger partial charge in [0.05, 0.1) is 30.1 Å². The molecule has 0 aliphatic rings. The smallest absolute Gasteiger partial charge is 0.423 e. The van der Waals surface area contributed by atoms with Crippen LogP contribution in [0.2, 0.25) is 30.1 Å². The minimum Gasteiger partial charge on any atom is -0.457 e. The summed E-state index contributed by atoms with van der Waals surface area (Å²) in [5.74, 6) is -6.76. The van der Waals surface area contributed by atoms with Crippen LogP contribution in [0.5, 0.6) is 11.5 Å². The Balaban J connectivity index is 1.54. The molecule has 0 aliphatic carbocycles. The van der Waals surface area contributed by atoms with Gasteiger partial charge in [-0.15, -0.1) is 0 Å². The Morgan fingerprint density at radius 2 is 0.808 bits per heavy atom. The molecule has 14 heteroatoms. The molecule has 4 aromatic rings. The maximum atomic E-state index is 13.3. The van der Waals surface area contributed by atoms with E-state index < -0.39 is 46.5 Å². The molecule has 0 spiro atoms. The first kappa shape index (κ1) is 41.3. The summed E-state index contributed by atoms with van der Waals surface area (Å²) >= 11 is 37.6. The zero-order valence-electron chi connectivity index (χ0n) is 28.7. The molecule has 4 aromatic carbocycles. The summed E-state index contributed by atoms with van der Waals surface area (Å²) in [4.78, 5) is 52.7. The van der Waals surface area contributed by atoms with Crippen molar-refractivity contribution in [2.75, 3.05) is 0 Å². The molecule has 0 saturated heterocycles. The zero-order valence-corrected chi connectivity index (χ0v) is 33.3. The third-order valence-electron chi connectivity index (χ3n) is 7.60.